The monoisotopic (exact) mass is 269 g/mol. The summed E-state index contributed by atoms with van der Waals surface area (Å²) in [5.74, 6) is 0.0621. The van der Waals surface area contributed by atoms with Crippen molar-refractivity contribution < 1.29 is 0 Å². The molecule has 0 radical (unpaired) electrons. The predicted octanol–water partition coefficient (Wildman–Crippen LogP) is 1.02. The van der Waals surface area contributed by atoms with E-state index in [1.165, 1.54) is 5.56 Å². The van der Waals surface area contributed by atoms with Crippen LogP contribution in [0.25, 0.3) is 0 Å². The summed E-state index contributed by atoms with van der Waals surface area (Å²) in [6.07, 6.45) is 1.87. The van der Waals surface area contributed by atoms with Gasteiger partial charge in [-0.1, -0.05) is 30.3 Å². The van der Waals surface area contributed by atoms with Crippen molar-refractivity contribution in [3.63, 3.8) is 0 Å². The molecule has 0 fully saturated rings. The second-order valence-corrected chi connectivity index (χ2v) is 3.90. The van der Waals surface area contributed by atoms with E-state index in [0.29, 0.717) is 0 Å². The quantitative estimate of drug-likeness (QED) is 0.561. The molecule has 1 aromatic carbocycles. The maximum Gasteiger partial charge on any atom is 0.218 e. The van der Waals surface area contributed by atoms with Crippen LogP contribution in [0.15, 0.2) is 40.3 Å². The molecule has 1 atom stereocenters. The van der Waals surface area contributed by atoms with Crippen LogP contribution in [0.5, 0.6) is 0 Å². The topological polar surface area (TPSA) is 103 Å². The van der Waals surface area contributed by atoms with E-state index in [2.05, 4.69) is 22.1 Å². The van der Waals surface area contributed by atoms with E-state index in [4.69, 9.17) is 17.2 Å². The van der Waals surface area contributed by atoms with Crippen molar-refractivity contribution in [2.75, 3.05) is 0 Å². The highest BCUT2D eigenvalue weighted by Gasteiger charge is 2.01. The van der Waals surface area contributed by atoms with Gasteiger partial charge in [-0.2, -0.15) is 4.99 Å². The fourth-order valence-corrected chi connectivity index (χ4v) is 1.47. The van der Waals surface area contributed by atoms with Crippen LogP contribution in [-0.2, 0) is 6.42 Å². The van der Waals surface area contributed by atoms with Gasteiger partial charge < -0.3 is 17.2 Å². The molecule has 0 spiro atoms. The third-order valence-electron chi connectivity index (χ3n) is 2.29. The van der Waals surface area contributed by atoms with E-state index < -0.39 is 0 Å². The van der Waals surface area contributed by atoms with Crippen molar-refractivity contribution >= 4 is 24.3 Å². The second kappa shape index (κ2) is 8.36. The number of nitrogens with two attached hydrogens (primary N) is 3. The molecular weight excluding hydrogens is 250 g/mol. The summed E-state index contributed by atoms with van der Waals surface area (Å²) in [4.78, 5) is 7.85. The molecule has 0 aliphatic carbocycles. The first-order valence-corrected chi connectivity index (χ1v) is 5.54. The molecular formula is C12H20ClN5. The van der Waals surface area contributed by atoms with Crippen LogP contribution < -0.4 is 17.2 Å². The van der Waals surface area contributed by atoms with Crippen LogP contribution in [0.2, 0.25) is 0 Å². The van der Waals surface area contributed by atoms with E-state index in [1.807, 2.05) is 25.1 Å². The van der Waals surface area contributed by atoms with E-state index >= 15 is 0 Å². The molecule has 6 N–H and O–H groups in total. The minimum absolute atomic E-state index is 0. The smallest absolute Gasteiger partial charge is 0.218 e. The molecule has 5 nitrogen and oxygen atoms in total. The summed E-state index contributed by atoms with van der Waals surface area (Å²) in [7, 11) is 0. The average Bonchev–Trinajstić information content (AvgIpc) is 2.26. The Morgan fingerprint density at radius 3 is 2.33 bits per heavy atom. The van der Waals surface area contributed by atoms with Crippen molar-refractivity contribution in [3.05, 3.63) is 35.9 Å². The lowest BCUT2D eigenvalue weighted by Crippen LogP contribution is -2.27. The summed E-state index contributed by atoms with van der Waals surface area (Å²) < 4.78 is 0. The molecule has 6 heteroatoms. The van der Waals surface area contributed by atoms with Crippen LogP contribution >= 0.6 is 12.4 Å². The molecule has 100 valence electrons. The lowest BCUT2D eigenvalue weighted by atomic mass is 10.1. The normalized spacial score (nSPS) is 12.4. The molecule has 0 saturated carbocycles. The maximum absolute atomic E-state index is 5.55. The number of hydrogen-bond donors (Lipinski definition) is 3. The molecule has 0 amide bonds. The minimum atomic E-state index is -0.0680. The first kappa shape index (κ1) is 16.2. The van der Waals surface area contributed by atoms with Gasteiger partial charge in [0.05, 0.1) is 6.04 Å². The minimum Gasteiger partial charge on any atom is -0.370 e. The van der Waals surface area contributed by atoms with Crippen molar-refractivity contribution in [3.8, 4) is 0 Å². The zero-order valence-corrected chi connectivity index (χ0v) is 11.2. The number of halogens is 1. The first-order valence-electron chi connectivity index (χ1n) is 5.54. The number of rotatable bonds is 4. The molecule has 0 saturated heterocycles. The van der Waals surface area contributed by atoms with Gasteiger partial charge in [0.15, 0.2) is 5.96 Å². The van der Waals surface area contributed by atoms with Crippen LogP contribution in [0, 0.1) is 0 Å². The Morgan fingerprint density at radius 2 is 1.78 bits per heavy atom. The molecule has 1 aromatic rings. The predicted molar refractivity (Wildman–Crippen MR) is 78.9 cm³/mol. The highest BCUT2D eigenvalue weighted by Crippen LogP contribution is 2.06. The summed E-state index contributed by atoms with van der Waals surface area (Å²) in [5, 5.41) is 0. The Balaban J connectivity index is 0.00000289. The number of aliphatic imine (C=N–C) groups is 2. The number of benzene rings is 1. The molecule has 0 bridgehead atoms. The fraction of sp³-hybridized carbons (Fsp3) is 0.333. The van der Waals surface area contributed by atoms with Crippen molar-refractivity contribution in [1.82, 2.24) is 0 Å². The number of aryl methyl sites for hydroxylation is 1. The lowest BCUT2D eigenvalue weighted by Gasteiger charge is -2.06. The number of hydrogen-bond acceptors (Lipinski definition) is 1. The highest BCUT2D eigenvalue weighted by molar-refractivity contribution is 5.92. The molecule has 18 heavy (non-hydrogen) atoms. The van der Waals surface area contributed by atoms with Crippen molar-refractivity contribution in [1.29, 1.82) is 0 Å². The average molecular weight is 270 g/mol. The van der Waals surface area contributed by atoms with E-state index in [0.717, 1.165) is 12.8 Å². The van der Waals surface area contributed by atoms with Crippen molar-refractivity contribution in [2.45, 2.75) is 25.8 Å². The van der Waals surface area contributed by atoms with Crippen molar-refractivity contribution in [2.24, 2.45) is 27.2 Å². The van der Waals surface area contributed by atoms with Gasteiger partial charge in [0.1, 0.15) is 0 Å². The summed E-state index contributed by atoms with van der Waals surface area (Å²) in [6.45, 7) is 1.98. The van der Waals surface area contributed by atoms with E-state index in [9.17, 15) is 0 Å². The molecule has 0 aliphatic heterocycles. The highest BCUT2D eigenvalue weighted by atomic mass is 35.5. The van der Waals surface area contributed by atoms with E-state index in [-0.39, 0.29) is 30.4 Å². The molecule has 0 unspecified atom stereocenters. The number of nitrogens with zero attached hydrogens (tertiary/aromatic N) is 2. The summed E-state index contributed by atoms with van der Waals surface area (Å²) in [6, 6.07) is 10.3. The lowest BCUT2D eigenvalue weighted by molar-refractivity contribution is 0.667. The van der Waals surface area contributed by atoms with Gasteiger partial charge in [-0.3, -0.25) is 0 Å². The zero-order valence-electron chi connectivity index (χ0n) is 10.4. The molecule has 0 aliphatic rings. The third-order valence-corrected chi connectivity index (χ3v) is 2.29. The van der Waals surface area contributed by atoms with Gasteiger partial charge in [0, 0.05) is 0 Å². The Hall–Kier alpha value is -1.75. The molecule has 1 rings (SSSR count). The van der Waals surface area contributed by atoms with Gasteiger partial charge in [-0.05, 0) is 25.3 Å². The second-order valence-electron chi connectivity index (χ2n) is 3.90. The van der Waals surface area contributed by atoms with Gasteiger partial charge in [-0.25, -0.2) is 4.99 Å². The van der Waals surface area contributed by atoms with Gasteiger partial charge in [-0.15, -0.1) is 12.4 Å². The number of guanidine groups is 2. The summed E-state index contributed by atoms with van der Waals surface area (Å²) in [5.41, 5.74) is 17.2. The van der Waals surface area contributed by atoms with E-state index in [1.54, 1.807) is 0 Å². The molecule has 0 aromatic heterocycles. The Kier molecular flexibility index (Phi) is 7.54. The SMILES string of the molecule is C[C@H](CCc1ccccc1)N=C(N)N=C(N)N.Cl. The Bertz CT molecular complexity index is 398. The Morgan fingerprint density at radius 1 is 1.17 bits per heavy atom. The van der Waals surface area contributed by atoms with Gasteiger partial charge in [0.25, 0.3) is 0 Å². The summed E-state index contributed by atoms with van der Waals surface area (Å²) >= 11 is 0. The van der Waals surface area contributed by atoms with Crippen LogP contribution in [0.1, 0.15) is 18.9 Å². The zero-order chi connectivity index (χ0) is 12.7. The maximum atomic E-state index is 5.55. The van der Waals surface area contributed by atoms with Gasteiger partial charge in [0.2, 0.25) is 5.96 Å². The van der Waals surface area contributed by atoms with Gasteiger partial charge >= 0.3 is 0 Å². The van der Waals surface area contributed by atoms with Crippen LogP contribution in [-0.4, -0.2) is 18.0 Å². The first-order chi connectivity index (χ1) is 8.08. The van der Waals surface area contributed by atoms with Crippen LogP contribution in [0.4, 0.5) is 0 Å². The molecule has 0 heterocycles. The standard InChI is InChI=1S/C12H19N5.ClH/c1-9(16-12(15)17-11(13)14)7-8-10-5-3-2-4-6-10;/h2-6,9H,7-8H2,1H3,(H6,13,14,15,16,17);1H/t9-;/m1./s1. The largest absolute Gasteiger partial charge is 0.370 e. The third kappa shape index (κ3) is 6.75. The van der Waals surface area contributed by atoms with Crippen LogP contribution in [0.3, 0.4) is 0 Å². The fourth-order valence-electron chi connectivity index (χ4n) is 1.47. The Labute approximate surface area is 114 Å².